The fourth-order valence-corrected chi connectivity index (χ4v) is 2.76. The highest BCUT2D eigenvalue weighted by atomic mass is 16.5. The Labute approximate surface area is 146 Å². The molecule has 1 aliphatic rings. The minimum absolute atomic E-state index is 0.0257. The summed E-state index contributed by atoms with van der Waals surface area (Å²) in [7, 11) is 5.51. The van der Waals surface area contributed by atoms with Crippen molar-refractivity contribution in [1.82, 2.24) is 20.0 Å². The van der Waals surface area contributed by atoms with Gasteiger partial charge in [0.15, 0.2) is 5.76 Å². The Morgan fingerprint density at radius 2 is 2.16 bits per heavy atom. The lowest BCUT2D eigenvalue weighted by Gasteiger charge is -2.22. The van der Waals surface area contributed by atoms with Gasteiger partial charge in [-0.3, -0.25) is 4.79 Å². The van der Waals surface area contributed by atoms with Crippen LogP contribution in [0.25, 0.3) is 11.3 Å². The Balaban J connectivity index is 1.89. The largest absolute Gasteiger partial charge is 0.368 e. The summed E-state index contributed by atoms with van der Waals surface area (Å²) in [6, 6.07) is 1.83. The number of aryl methyl sites for hydroxylation is 1. The molecule has 0 spiro atoms. The van der Waals surface area contributed by atoms with Crippen LogP contribution in [0, 0.1) is 6.92 Å². The molecule has 0 unspecified atom stereocenters. The molecule has 0 aromatic carbocycles. The molecule has 0 N–H and O–H groups in total. The van der Waals surface area contributed by atoms with Crippen molar-refractivity contribution in [2.75, 3.05) is 32.6 Å². The van der Waals surface area contributed by atoms with Gasteiger partial charge in [0, 0.05) is 40.0 Å². The van der Waals surface area contributed by atoms with Gasteiger partial charge in [0.1, 0.15) is 6.10 Å². The summed E-state index contributed by atoms with van der Waals surface area (Å²) < 4.78 is 10.9. The normalized spacial score (nSPS) is 16.9. The summed E-state index contributed by atoms with van der Waals surface area (Å²) in [5, 5.41) is 3.93. The van der Waals surface area contributed by atoms with Gasteiger partial charge in [-0.25, -0.2) is 9.97 Å². The van der Waals surface area contributed by atoms with E-state index in [9.17, 15) is 4.79 Å². The molecule has 0 bridgehead atoms. The molecule has 2 aromatic rings. The molecule has 0 radical (unpaired) electrons. The van der Waals surface area contributed by atoms with Crippen molar-refractivity contribution in [2.24, 2.45) is 0 Å². The second-order valence-corrected chi connectivity index (χ2v) is 6.45. The zero-order valence-electron chi connectivity index (χ0n) is 15.0. The Bertz CT molecular complexity index is 752. The fraction of sp³-hybridized carbons (Fsp3) is 0.529. The van der Waals surface area contributed by atoms with E-state index in [0.29, 0.717) is 30.6 Å². The number of hydrogen-bond acceptors (Lipinski definition) is 7. The first kappa shape index (κ1) is 17.3. The van der Waals surface area contributed by atoms with Crippen LogP contribution in [0.3, 0.4) is 0 Å². The van der Waals surface area contributed by atoms with Gasteiger partial charge in [0.05, 0.1) is 23.5 Å². The molecule has 1 atom stereocenters. The number of carbonyl (C=O) groups excluding carboxylic acids is 1. The van der Waals surface area contributed by atoms with Crippen LogP contribution in [-0.2, 0) is 16.1 Å². The van der Waals surface area contributed by atoms with Crippen molar-refractivity contribution < 1.29 is 14.1 Å². The monoisotopic (exact) mass is 345 g/mol. The van der Waals surface area contributed by atoms with E-state index in [2.05, 4.69) is 15.1 Å². The highest BCUT2D eigenvalue weighted by Gasteiger charge is 2.27. The summed E-state index contributed by atoms with van der Waals surface area (Å²) in [5.41, 5.74) is 2.23. The summed E-state index contributed by atoms with van der Waals surface area (Å²) >= 11 is 0. The first-order chi connectivity index (χ1) is 12.0. The number of amides is 1. The van der Waals surface area contributed by atoms with Crippen LogP contribution in [-0.4, -0.2) is 59.8 Å². The standard InChI is InChI=1S/C17H23N5O3/c1-11-8-15(25-20-11)12-9-18-17(21(2)3)19-13(12)10-22(4)16(23)14-6-5-7-24-14/h8-9,14H,5-7,10H2,1-4H3/t14-/m0/s1. The van der Waals surface area contributed by atoms with Crippen LogP contribution < -0.4 is 4.90 Å². The molecule has 3 heterocycles. The predicted molar refractivity (Wildman–Crippen MR) is 92.0 cm³/mol. The molecule has 1 amide bonds. The van der Waals surface area contributed by atoms with E-state index in [0.717, 1.165) is 24.1 Å². The van der Waals surface area contributed by atoms with Gasteiger partial charge in [-0.05, 0) is 19.8 Å². The van der Waals surface area contributed by atoms with Crippen LogP contribution in [0.1, 0.15) is 24.2 Å². The van der Waals surface area contributed by atoms with Crippen LogP contribution >= 0.6 is 0 Å². The van der Waals surface area contributed by atoms with Gasteiger partial charge in [0.2, 0.25) is 5.95 Å². The van der Waals surface area contributed by atoms with Gasteiger partial charge >= 0.3 is 0 Å². The molecule has 3 rings (SSSR count). The molecule has 0 aliphatic carbocycles. The number of anilines is 1. The third-order valence-electron chi connectivity index (χ3n) is 4.12. The quantitative estimate of drug-likeness (QED) is 0.814. The van der Waals surface area contributed by atoms with Crippen molar-refractivity contribution in [2.45, 2.75) is 32.4 Å². The van der Waals surface area contributed by atoms with Crippen molar-refractivity contribution in [1.29, 1.82) is 0 Å². The van der Waals surface area contributed by atoms with E-state index in [1.54, 1.807) is 18.1 Å². The molecule has 1 saturated heterocycles. The van der Waals surface area contributed by atoms with E-state index >= 15 is 0 Å². The molecule has 25 heavy (non-hydrogen) atoms. The molecule has 0 saturated carbocycles. The lowest BCUT2D eigenvalue weighted by molar-refractivity contribution is -0.140. The third-order valence-corrected chi connectivity index (χ3v) is 4.12. The van der Waals surface area contributed by atoms with Crippen LogP contribution in [0.5, 0.6) is 0 Å². The summed E-state index contributed by atoms with van der Waals surface area (Å²) in [4.78, 5) is 24.9. The average molecular weight is 345 g/mol. The fourth-order valence-electron chi connectivity index (χ4n) is 2.76. The summed E-state index contributed by atoms with van der Waals surface area (Å²) in [6.07, 6.45) is 3.05. The van der Waals surface area contributed by atoms with E-state index in [1.807, 2.05) is 32.0 Å². The maximum Gasteiger partial charge on any atom is 0.251 e. The van der Waals surface area contributed by atoms with Crippen molar-refractivity contribution in [3.05, 3.63) is 23.7 Å². The van der Waals surface area contributed by atoms with Gasteiger partial charge in [0.25, 0.3) is 5.91 Å². The van der Waals surface area contributed by atoms with Crippen LogP contribution in [0.2, 0.25) is 0 Å². The summed E-state index contributed by atoms with van der Waals surface area (Å²) in [6.45, 7) is 2.84. The minimum Gasteiger partial charge on any atom is -0.368 e. The second kappa shape index (κ2) is 7.18. The smallest absolute Gasteiger partial charge is 0.251 e. The lowest BCUT2D eigenvalue weighted by atomic mass is 10.1. The van der Waals surface area contributed by atoms with Crippen molar-refractivity contribution in [3.8, 4) is 11.3 Å². The van der Waals surface area contributed by atoms with Crippen molar-refractivity contribution >= 4 is 11.9 Å². The maximum atomic E-state index is 12.5. The minimum atomic E-state index is -0.351. The van der Waals surface area contributed by atoms with Crippen LogP contribution in [0.15, 0.2) is 16.8 Å². The topological polar surface area (TPSA) is 84.6 Å². The molecule has 134 valence electrons. The number of nitrogens with zero attached hydrogens (tertiary/aromatic N) is 5. The zero-order valence-corrected chi connectivity index (χ0v) is 15.0. The lowest BCUT2D eigenvalue weighted by Crippen LogP contribution is -2.36. The molecular formula is C17H23N5O3. The highest BCUT2D eigenvalue weighted by Crippen LogP contribution is 2.25. The predicted octanol–water partition coefficient (Wildman–Crippen LogP) is 1.64. The number of carbonyl (C=O) groups is 1. The third kappa shape index (κ3) is 3.79. The van der Waals surface area contributed by atoms with E-state index < -0.39 is 0 Å². The molecule has 1 aliphatic heterocycles. The number of aromatic nitrogens is 3. The molecule has 8 heteroatoms. The van der Waals surface area contributed by atoms with Gasteiger partial charge < -0.3 is 19.1 Å². The van der Waals surface area contributed by atoms with Gasteiger partial charge in [-0.15, -0.1) is 0 Å². The van der Waals surface area contributed by atoms with E-state index in [-0.39, 0.29) is 12.0 Å². The highest BCUT2D eigenvalue weighted by molar-refractivity contribution is 5.81. The zero-order chi connectivity index (χ0) is 18.0. The van der Waals surface area contributed by atoms with Crippen LogP contribution in [0.4, 0.5) is 5.95 Å². The number of rotatable bonds is 5. The maximum absolute atomic E-state index is 12.5. The molecule has 1 fully saturated rings. The Kier molecular flexibility index (Phi) is 4.98. The average Bonchev–Trinajstić information content (AvgIpc) is 3.25. The van der Waals surface area contributed by atoms with Gasteiger partial charge in [-0.2, -0.15) is 0 Å². The van der Waals surface area contributed by atoms with Crippen molar-refractivity contribution in [3.63, 3.8) is 0 Å². The first-order valence-corrected chi connectivity index (χ1v) is 8.29. The van der Waals surface area contributed by atoms with E-state index in [4.69, 9.17) is 9.26 Å². The van der Waals surface area contributed by atoms with E-state index in [1.165, 1.54) is 0 Å². The first-order valence-electron chi connectivity index (χ1n) is 8.29. The second-order valence-electron chi connectivity index (χ2n) is 6.45. The Morgan fingerprint density at radius 3 is 2.76 bits per heavy atom. The SMILES string of the molecule is Cc1cc(-c2cnc(N(C)C)nc2CN(C)C(=O)[C@@H]2CCCO2)on1. The number of hydrogen-bond donors (Lipinski definition) is 0. The summed E-state index contributed by atoms with van der Waals surface area (Å²) in [5.74, 6) is 1.14. The molecular weight excluding hydrogens is 322 g/mol. The van der Waals surface area contributed by atoms with Gasteiger partial charge in [-0.1, -0.05) is 5.16 Å². The number of ether oxygens (including phenoxy) is 1. The Hall–Kier alpha value is -2.48. The molecule has 8 nitrogen and oxygen atoms in total. The molecule has 2 aromatic heterocycles. The number of likely N-dealkylation sites (N-methyl/N-ethyl adjacent to an activating group) is 1. The Morgan fingerprint density at radius 1 is 1.36 bits per heavy atom.